The average molecular weight is 303 g/mol. The van der Waals surface area contributed by atoms with Gasteiger partial charge in [0.2, 0.25) is 0 Å². The number of hydrogen-bond donors (Lipinski definition) is 1. The number of halogens is 3. The lowest BCUT2D eigenvalue weighted by atomic mass is 10.5. The Morgan fingerprint density at radius 3 is 2.39 bits per heavy atom. The van der Waals surface area contributed by atoms with Crippen LogP contribution in [0.1, 0.15) is 9.67 Å². The molecule has 1 rings (SSSR count). The lowest BCUT2D eigenvalue weighted by molar-refractivity contribution is -0.134. The van der Waals surface area contributed by atoms with E-state index in [4.69, 9.17) is 5.11 Å². The third kappa shape index (κ3) is 3.43. The monoisotopic (exact) mass is 303 g/mol. The van der Waals surface area contributed by atoms with Crippen LogP contribution < -0.4 is 0 Å². The molecule has 0 aliphatic rings. The summed E-state index contributed by atoms with van der Waals surface area (Å²) in [7, 11) is -3.54. The normalized spacial score (nSPS) is 12.9. The first kappa shape index (κ1) is 14.9. The van der Waals surface area contributed by atoms with E-state index in [0.717, 1.165) is 19.2 Å². The van der Waals surface area contributed by atoms with Gasteiger partial charge in [0.15, 0.2) is 0 Å². The minimum Gasteiger partial charge on any atom is -0.477 e. The van der Waals surface area contributed by atoms with E-state index < -0.39 is 32.9 Å². The van der Waals surface area contributed by atoms with Crippen molar-refractivity contribution in [3.63, 3.8) is 0 Å². The first-order chi connectivity index (χ1) is 8.04. The second-order valence-electron chi connectivity index (χ2n) is 3.30. The molecular formula is C8H8F3NO4S2. The molecule has 0 saturated carbocycles. The van der Waals surface area contributed by atoms with Gasteiger partial charge in [-0.1, -0.05) is 0 Å². The molecule has 0 radical (unpaired) electrons. The molecule has 10 heteroatoms. The smallest absolute Gasteiger partial charge is 0.402 e. The average Bonchev–Trinajstić information content (AvgIpc) is 2.63. The highest BCUT2D eigenvalue weighted by molar-refractivity contribution is 7.91. The molecule has 0 aromatic carbocycles. The summed E-state index contributed by atoms with van der Waals surface area (Å²) in [5, 5.41) is 8.61. The van der Waals surface area contributed by atoms with Crippen LogP contribution in [0.3, 0.4) is 0 Å². The van der Waals surface area contributed by atoms with Crippen LogP contribution in [0.25, 0.3) is 0 Å². The highest BCUT2D eigenvalue weighted by Crippen LogP contribution is 2.26. The third-order valence-electron chi connectivity index (χ3n) is 1.86. The number of carbonyl (C=O) groups is 1. The number of alkyl halides is 3. The van der Waals surface area contributed by atoms with Gasteiger partial charge in [0, 0.05) is 7.05 Å². The zero-order valence-electron chi connectivity index (χ0n) is 8.93. The van der Waals surface area contributed by atoms with Crippen LogP contribution in [0.4, 0.5) is 13.2 Å². The van der Waals surface area contributed by atoms with Crippen LogP contribution in [0.2, 0.25) is 0 Å². The van der Waals surface area contributed by atoms with Crippen molar-refractivity contribution in [3.8, 4) is 0 Å². The van der Waals surface area contributed by atoms with Gasteiger partial charge < -0.3 is 5.11 Å². The fourth-order valence-electron chi connectivity index (χ4n) is 1.06. The van der Waals surface area contributed by atoms with Gasteiger partial charge in [0.1, 0.15) is 15.6 Å². The molecule has 1 N–H and O–H groups in total. The Bertz CT molecular complexity index is 549. The van der Waals surface area contributed by atoms with Gasteiger partial charge >= 0.3 is 12.1 Å². The van der Waals surface area contributed by atoms with Crippen LogP contribution in [-0.4, -0.2) is 43.6 Å². The zero-order valence-corrected chi connectivity index (χ0v) is 10.6. The Balaban J connectivity index is 3.02. The van der Waals surface area contributed by atoms with E-state index in [1.165, 1.54) is 0 Å². The van der Waals surface area contributed by atoms with Gasteiger partial charge in [-0.15, -0.1) is 11.3 Å². The first-order valence-corrected chi connectivity index (χ1v) is 6.66. The number of carboxylic acid groups (broad SMARTS) is 1. The molecule has 1 aromatic rings. The Kier molecular flexibility index (Phi) is 4.03. The predicted molar refractivity (Wildman–Crippen MR) is 57.1 cm³/mol. The van der Waals surface area contributed by atoms with Crippen LogP contribution >= 0.6 is 11.3 Å². The molecule has 0 spiro atoms. The van der Waals surface area contributed by atoms with Gasteiger partial charge in [0.25, 0.3) is 10.0 Å². The molecule has 0 aliphatic heterocycles. The number of rotatable bonds is 4. The molecule has 0 bridgehead atoms. The maximum Gasteiger partial charge on any atom is 0.402 e. The molecule has 0 unspecified atom stereocenters. The van der Waals surface area contributed by atoms with Crippen molar-refractivity contribution >= 4 is 27.3 Å². The topological polar surface area (TPSA) is 74.7 Å². The Morgan fingerprint density at radius 1 is 1.44 bits per heavy atom. The molecule has 102 valence electrons. The van der Waals surface area contributed by atoms with Crippen molar-refractivity contribution in [1.29, 1.82) is 0 Å². The highest BCUT2D eigenvalue weighted by Gasteiger charge is 2.35. The van der Waals surface area contributed by atoms with Gasteiger partial charge in [-0.3, -0.25) is 0 Å². The maximum absolute atomic E-state index is 12.1. The van der Waals surface area contributed by atoms with E-state index in [9.17, 15) is 26.4 Å². The summed E-state index contributed by atoms with van der Waals surface area (Å²) in [4.78, 5) is 10.3. The highest BCUT2D eigenvalue weighted by atomic mass is 32.2. The Hall–Kier alpha value is -1.13. The second-order valence-corrected chi connectivity index (χ2v) is 6.66. The molecule has 18 heavy (non-hydrogen) atoms. The van der Waals surface area contributed by atoms with Crippen LogP contribution in [0.15, 0.2) is 16.3 Å². The van der Waals surface area contributed by atoms with Crippen LogP contribution in [0.5, 0.6) is 0 Å². The summed E-state index contributed by atoms with van der Waals surface area (Å²) in [5.41, 5.74) is 0. The van der Waals surface area contributed by atoms with Gasteiger partial charge in [-0.2, -0.15) is 17.5 Å². The fraction of sp³-hybridized carbons (Fsp3) is 0.375. The molecule has 1 heterocycles. The summed E-state index contributed by atoms with van der Waals surface area (Å²) < 4.78 is 59.3. The van der Waals surface area contributed by atoms with Crippen molar-refractivity contribution < 1.29 is 31.5 Å². The molecule has 1 aromatic heterocycles. The quantitative estimate of drug-likeness (QED) is 0.917. The number of nitrogens with zero attached hydrogens (tertiary/aromatic N) is 1. The second kappa shape index (κ2) is 4.86. The number of sulfonamides is 1. The van der Waals surface area contributed by atoms with E-state index in [-0.39, 0.29) is 9.18 Å². The van der Waals surface area contributed by atoms with E-state index in [0.29, 0.717) is 11.3 Å². The van der Waals surface area contributed by atoms with Gasteiger partial charge in [-0.25, -0.2) is 13.2 Å². The number of carboxylic acids is 1. The van der Waals surface area contributed by atoms with Crippen molar-refractivity contribution in [2.24, 2.45) is 0 Å². The molecule has 0 fully saturated rings. The Morgan fingerprint density at radius 2 is 2.00 bits per heavy atom. The summed E-state index contributed by atoms with van der Waals surface area (Å²) in [5.74, 6) is -1.33. The summed E-state index contributed by atoms with van der Waals surface area (Å²) in [6.45, 7) is -1.63. The van der Waals surface area contributed by atoms with Crippen molar-refractivity contribution in [3.05, 3.63) is 17.0 Å². The van der Waals surface area contributed by atoms with E-state index in [1.807, 2.05) is 0 Å². The first-order valence-electron chi connectivity index (χ1n) is 4.40. The van der Waals surface area contributed by atoms with Crippen molar-refractivity contribution in [2.75, 3.05) is 13.6 Å². The molecule has 0 saturated heterocycles. The number of hydrogen-bond acceptors (Lipinski definition) is 4. The Labute approximate surface area is 105 Å². The van der Waals surface area contributed by atoms with Crippen molar-refractivity contribution in [2.45, 2.75) is 10.4 Å². The molecular weight excluding hydrogens is 295 g/mol. The van der Waals surface area contributed by atoms with Crippen LogP contribution in [-0.2, 0) is 10.0 Å². The van der Waals surface area contributed by atoms with Gasteiger partial charge in [-0.05, 0) is 12.1 Å². The predicted octanol–water partition coefficient (Wildman–Crippen LogP) is 1.63. The third-order valence-corrected chi connectivity index (χ3v) is 5.20. The van der Waals surface area contributed by atoms with E-state index >= 15 is 0 Å². The fourth-order valence-corrected chi connectivity index (χ4v) is 3.58. The minimum absolute atomic E-state index is 0.129. The van der Waals surface area contributed by atoms with Crippen LogP contribution in [0, 0.1) is 0 Å². The van der Waals surface area contributed by atoms with E-state index in [1.54, 1.807) is 0 Å². The van der Waals surface area contributed by atoms with Crippen molar-refractivity contribution in [1.82, 2.24) is 4.31 Å². The minimum atomic E-state index is -4.66. The molecule has 0 amide bonds. The summed E-state index contributed by atoms with van der Waals surface area (Å²) in [6, 6.07) is 2.00. The zero-order chi connectivity index (χ0) is 14.1. The summed E-state index contributed by atoms with van der Waals surface area (Å²) in [6.07, 6.45) is -4.66. The number of aromatic carboxylic acids is 1. The molecule has 5 nitrogen and oxygen atoms in total. The summed E-state index contributed by atoms with van der Waals surface area (Å²) >= 11 is 0.406. The van der Waals surface area contributed by atoms with Gasteiger partial charge in [0.05, 0.1) is 0 Å². The van der Waals surface area contributed by atoms with E-state index in [2.05, 4.69) is 0 Å². The molecule has 0 aliphatic carbocycles. The maximum atomic E-state index is 12.1. The molecule has 0 atom stereocenters. The lowest BCUT2D eigenvalue weighted by Gasteiger charge is -2.17. The number of thiophene rings is 1. The standard InChI is InChI=1S/C8H8F3NO4S2/c1-12(4-8(9,10)11)18(15,16)6-3-2-5(17-6)7(13)14/h2-3H,4H2,1H3,(H,13,14). The SMILES string of the molecule is CN(CC(F)(F)F)S(=O)(=O)c1ccc(C(=O)O)s1. The largest absolute Gasteiger partial charge is 0.477 e. The lowest BCUT2D eigenvalue weighted by Crippen LogP contribution is -2.35.